The predicted molar refractivity (Wildman–Crippen MR) is 64.9 cm³/mol. The van der Waals surface area contributed by atoms with E-state index in [4.69, 9.17) is 4.74 Å². The molecule has 0 radical (unpaired) electrons. The molecule has 0 aromatic heterocycles. The van der Waals surface area contributed by atoms with Crippen molar-refractivity contribution in [3.8, 4) is 0 Å². The molecular weight excluding hydrogens is 235 g/mol. The molecule has 0 saturated carbocycles. The van der Waals surface area contributed by atoms with Crippen molar-refractivity contribution >= 4 is 5.97 Å². The Labute approximate surface area is 106 Å². The number of carbonyl (C=O) groups is 1. The average Bonchev–Trinajstić information content (AvgIpc) is 2.31. The Kier molecular flexibility index (Phi) is 3.66. The summed E-state index contributed by atoms with van der Waals surface area (Å²) >= 11 is 0. The summed E-state index contributed by atoms with van der Waals surface area (Å²) in [6.45, 7) is 2.90. The van der Waals surface area contributed by atoms with Crippen LogP contribution in [0.1, 0.15) is 24.0 Å². The van der Waals surface area contributed by atoms with Gasteiger partial charge in [0, 0.05) is 11.8 Å². The van der Waals surface area contributed by atoms with Crippen molar-refractivity contribution < 1.29 is 18.7 Å². The maximum absolute atomic E-state index is 13.3. The second-order valence-corrected chi connectivity index (χ2v) is 4.81. The molecule has 0 aliphatic carbocycles. The highest BCUT2D eigenvalue weighted by Gasteiger charge is 2.40. The Morgan fingerprint density at radius 1 is 1.50 bits per heavy atom. The maximum atomic E-state index is 13.3. The van der Waals surface area contributed by atoms with Gasteiger partial charge in [-0.2, -0.15) is 0 Å². The normalized spacial score (nSPS) is 17.1. The van der Waals surface area contributed by atoms with Crippen molar-refractivity contribution in [2.75, 3.05) is 20.3 Å². The van der Waals surface area contributed by atoms with Crippen molar-refractivity contribution in [2.24, 2.45) is 0 Å². The highest BCUT2D eigenvalue weighted by molar-refractivity contribution is 5.69. The zero-order chi connectivity index (χ0) is 13.2. The summed E-state index contributed by atoms with van der Waals surface area (Å²) in [6.07, 6.45) is 1.03. The first-order valence-electron chi connectivity index (χ1n) is 5.99. The van der Waals surface area contributed by atoms with Crippen molar-refractivity contribution in [1.82, 2.24) is 0 Å². The van der Waals surface area contributed by atoms with Gasteiger partial charge in [-0.05, 0) is 30.5 Å². The van der Waals surface area contributed by atoms with Gasteiger partial charge in [-0.1, -0.05) is 12.1 Å². The van der Waals surface area contributed by atoms with Crippen LogP contribution in [-0.2, 0) is 19.7 Å². The van der Waals surface area contributed by atoms with Gasteiger partial charge in [0.25, 0.3) is 0 Å². The lowest BCUT2D eigenvalue weighted by Gasteiger charge is -2.42. The monoisotopic (exact) mass is 252 g/mol. The van der Waals surface area contributed by atoms with Crippen LogP contribution in [0.5, 0.6) is 0 Å². The number of carbonyl (C=O) groups excluding carboxylic acids is 1. The highest BCUT2D eigenvalue weighted by Crippen LogP contribution is 2.37. The molecular formula is C14H17FO3. The van der Waals surface area contributed by atoms with Crippen LogP contribution in [0.2, 0.25) is 0 Å². The quantitative estimate of drug-likeness (QED) is 0.772. The van der Waals surface area contributed by atoms with E-state index in [0.717, 1.165) is 5.56 Å². The molecule has 0 amide bonds. The van der Waals surface area contributed by atoms with Crippen LogP contribution in [0, 0.1) is 12.7 Å². The fraction of sp³-hybridized carbons (Fsp3) is 0.500. The third kappa shape index (κ3) is 2.38. The molecule has 0 bridgehead atoms. The Bertz CT molecular complexity index is 452. The Morgan fingerprint density at radius 2 is 2.22 bits per heavy atom. The minimum absolute atomic E-state index is 0.160. The number of methoxy groups -OCH3 is 1. The van der Waals surface area contributed by atoms with Crippen molar-refractivity contribution in [1.29, 1.82) is 0 Å². The molecule has 1 heterocycles. The second kappa shape index (κ2) is 5.06. The van der Waals surface area contributed by atoms with Crippen molar-refractivity contribution in [2.45, 2.75) is 25.2 Å². The zero-order valence-electron chi connectivity index (χ0n) is 10.7. The molecule has 1 aromatic carbocycles. The van der Waals surface area contributed by atoms with Crippen LogP contribution in [0.15, 0.2) is 18.2 Å². The molecule has 1 aliphatic heterocycles. The third-order valence-corrected chi connectivity index (χ3v) is 3.56. The fourth-order valence-electron chi connectivity index (χ4n) is 2.22. The maximum Gasteiger partial charge on any atom is 0.305 e. The van der Waals surface area contributed by atoms with Crippen LogP contribution < -0.4 is 0 Å². The average molecular weight is 252 g/mol. The number of rotatable bonds is 4. The Balaban J connectivity index is 2.16. The zero-order valence-corrected chi connectivity index (χ0v) is 10.7. The molecule has 1 fully saturated rings. The highest BCUT2D eigenvalue weighted by atomic mass is 19.1. The fourth-order valence-corrected chi connectivity index (χ4v) is 2.22. The summed E-state index contributed by atoms with van der Waals surface area (Å²) in [7, 11) is 1.38. The molecule has 18 heavy (non-hydrogen) atoms. The van der Waals surface area contributed by atoms with Crippen LogP contribution in [-0.4, -0.2) is 26.3 Å². The van der Waals surface area contributed by atoms with E-state index in [1.807, 2.05) is 6.07 Å². The Hall–Kier alpha value is -1.42. The second-order valence-electron chi connectivity index (χ2n) is 4.81. The summed E-state index contributed by atoms with van der Waals surface area (Å²) in [5.41, 5.74) is 1.50. The first kappa shape index (κ1) is 13.0. The molecule has 1 saturated heterocycles. The van der Waals surface area contributed by atoms with Gasteiger partial charge in [0.2, 0.25) is 0 Å². The number of benzene rings is 1. The molecule has 3 nitrogen and oxygen atoms in total. The van der Waals surface area contributed by atoms with E-state index in [-0.39, 0.29) is 17.2 Å². The van der Waals surface area contributed by atoms with Gasteiger partial charge in [0.1, 0.15) is 5.82 Å². The number of hydrogen-bond acceptors (Lipinski definition) is 3. The molecule has 1 aromatic rings. The van der Waals surface area contributed by atoms with Gasteiger partial charge in [-0.25, -0.2) is 4.39 Å². The number of esters is 1. The van der Waals surface area contributed by atoms with Gasteiger partial charge in [-0.3, -0.25) is 4.79 Å². The minimum atomic E-state index is -0.222. The van der Waals surface area contributed by atoms with Gasteiger partial charge >= 0.3 is 5.97 Å². The number of hydrogen-bond donors (Lipinski definition) is 0. The van der Waals surface area contributed by atoms with Gasteiger partial charge < -0.3 is 9.47 Å². The molecule has 0 N–H and O–H groups in total. The van der Waals surface area contributed by atoms with E-state index < -0.39 is 0 Å². The van der Waals surface area contributed by atoms with Gasteiger partial charge in [0.05, 0.1) is 20.3 Å². The first-order chi connectivity index (χ1) is 8.57. The van der Waals surface area contributed by atoms with Crippen molar-refractivity contribution in [3.63, 3.8) is 0 Å². The minimum Gasteiger partial charge on any atom is -0.469 e. The summed E-state index contributed by atoms with van der Waals surface area (Å²) < 4.78 is 23.2. The lowest BCUT2D eigenvalue weighted by molar-refractivity contribution is -0.142. The molecule has 0 spiro atoms. The Morgan fingerprint density at radius 3 is 2.72 bits per heavy atom. The largest absolute Gasteiger partial charge is 0.469 e. The van der Waals surface area contributed by atoms with E-state index in [1.54, 1.807) is 13.0 Å². The van der Waals surface area contributed by atoms with Gasteiger partial charge in [-0.15, -0.1) is 0 Å². The molecule has 2 rings (SSSR count). The predicted octanol–water partition coefficient (Wildman–Crippen LogP) is 2.36. The van der Waals surface area contributed by atoms with E-state index in [9.17, 15) is 9.18 Å². The van der Waals surface area contributed by atoms with E-state index >= 15 is 0 Å². The smallest absolute Gasteiger partial charge is 0.305 e. The summed E-state index contributed by atoms with van der Waals surface area (Å²) in [6, 6.07) is 5.10. The van der Waals surface area contributed by atoms with Crippen LogP contribution in [0.3, 0.4) is 0 Å². The van der Waals surface area contributed by atoms with Crippen LogP contribution in [0.25, 0.3) is 0 Å². The van der Waals surface area contributed by atoms with E-state index in [0.29, 0.717) is 31.6 Å². The molecule has 98 valence electrons. The lowest BCUT2D eigenvalue weighted by atomic mass is 9.74. The number of aryl methyl sites for hydroxylation is 1. The van der Waals surface area contributed by atoms with E-state index in [1.165, 1.54) is 13.2 Å². The lowest BCUT2D eigenvalue weighted by Crippen LogP contribution is -2.47. The molecule has 0 atom stereocenters. The number of ether oxygens (including phenoxy) is 2. The van der Waals surface area contributed by atoms with Crippen LogP contribution in [0.4, 0.5) is 4.39 Å². The van der Waals surface area contributed by atoms with Gasteiger partial charge in [0.15, 0.2) is 0 Å². The van der Waals surface area contributed by atoms with Crippen LogP contribution >= 0.6 is 0 Å². The summed E-state index contributed by atoms with van der Waals surface area (Å²) in [5, 5.41) is 0. The molecule has 0 unspecified atom stereocenters. The molecule has 4 heteroatoms. The summed E-state index contributed by atoms with van der Waals surface area (Å²) in [5.74, 6) is -0.429. The number of halogens is 1. The third-order valence-electron chi connectivity index (χ3n) is 3.56. The van der Waals surface area contributed by atoms with E-state index in [2.05, 4.69) is 4.74 Å². The molecule has 1 aliphatic rings. The van der Waals surface area contributed by atoms with Crippen molar-refractivity contribution in [3.05, 3.63) is 35.1 Å². The standard InChI is InChI=1S/C14H17FO3/c1-10-7-11(3-4-12(10)15)14(8-18-9-14)6-5-13(16)17-2/h3-4,7H,5-6,8-9H2,1-2H3. The SMILES string of the molecule is COC(=O)CCC1(c2ccc(F)c(C)c2)COC1. The topological polar surface area (TPSA) is 35.5 Å². The first-order valence-corrected chi connectivity index (χ1v) is 5.99. The summed E-state index contributed by atoms with van der Waals surface area (Å²) in [4.78, 5) is 11.2.